The van der Waals surface area contributed by atoms with E-state index in [-0.39, 0.29) is 6.42 Å². The van der Waals surface area contributed by atoms with Crippen LogP contribution in [-0.4, -0.2) is 42.7 Å². The summed E-state index contributed by atoms with van der Waals surface area (Å²) in [6.45, 7) is 8.39. The molecule has 0 atom stereocenters. The monoisotopic (exact) mass is 202 g/mol. The molecule has 14 heavy (non-hydrogen) atoms. The van der Waals surface area contributed by atoms with Crippen LogP contribution in [0.3, 0.4) is 0 Å². The van der Waals surface area contributed by atoms with Crippen LogP contribution in [0.25, 0.3) is 0 Å². The Labute approximate surface area is 87.3 Å². The Balaban J connectivity index is 3.89. The zero-order chi connectivity index (χ0) is 11.4. The minimum atomic E-state index is -0.702. The van der Waals surface area contributed by atoms with Crippen LogP contribution in [0.5, 0.6) is 0 Å². The second-order valence-corrected chi connectivity index (χ2v) is 5.84. The highest BCUT2D eigenvalue weighted by Gasteiger charge is 2.20. The van der Waals surface area contributed by atoms with E-state index in [4.69, 9.17) is 5.11 Å². The summed E-state index contributed by atoms with van der Waals surface area (Å²) in [7, 11) is 4.18. The fourth-order valence-corrected chi connectivity index (χ4v) is 1.15. The number of aliphatic carboxylic acids is 1. The van der Waals surface area contributed by atoms with Gasteiger partial charge in [-0.1, -0.05) is 20.8 Å². The summed E-state index contributed by atoms with van der Waals surface area (Å²) < 4.78 is 0.795. The molecular formula is C11H24NO2+. The normalized spacial score (nSPS) is 12.9. The molecule has 0 aliphatic carbocycles. The Hall–Kier alpha value is -0.570. The van der Waals surface area contributed by atoms with E-state index in [0.29, 0.717) is 12.0 Å². The molecule has 0 radical (unpaired) electrons. The highest BCUT2D eigenvalue weighted by atomic mass is 16.4. The van der Waals surface area contributed by atoms with Gasteiger partial charge in [-0.2, -0.15) is 0 Å². The van der Waals surface area contributed by atoms with Crippen molar-refractivity contribution in [2.45, 2.75) is 33.6 Å². The summed E-state index contributed by atoms with van der Waals surface area (Å²) in [4.78, 5) is 10.4. The molecule has 0 unspecified atom stereocenters. The third-order valence-corrected chi connectivity index (χ3v) is 2.40. The summed E-state index contributed by atoms with van der Waals surface area (Å²) >= 11 is 0. The van der Waals surface area contributed by atoms with Crippen LogP contribution >= 0.6 is 0 Å². The number of hydrogen-bond acceptors (Lipinski definition) is 1. The highest BCUT2D eigenvalue weighted by Crippen LogP contribution is 2.20. The van der Waals surface area contributed by atoms with Gasteiger partial charge in [-0.25, -0.2) is 0 Å². The van der Waals surface area contributed by atoms with E-state index in [9.17, 15) is 4.79 Å². The molecule has 0 amide bonds. The first-order valence-corrected chi connectivity index (χ1v) is 5.16. The van der Waals surface area contributed by atoms with E-state index < -0.39 is 5.97 Å². The lowest BCUT2D eigenvalue weighted by molar-refractivity contribution is -0.890. The lowest BCUT2D eigenvalue weighted by Crippen LogP contribution is -2.43. The van der Waals surface area contributed by atoms with E-state index in [1.165, 1.54) is 0 Å². The van der Waals surface area contributed by atoms with Crippen molar-refractivity contribution in [1.29, 1.82) is 0 Å². The number of rotatable bonds is 5. The van der Waals surface area contributed by atoms with Crippen LogP contribution in [0, 0.1) is 5.41 Å². The van der Waals surface area contributed by atoms with Gasteiger partial charge in [0.1, 0.15) is 0 Å². The number of carbonyl (C=O) groups is 1. The van der Waals surface area contributed by atoms with E-state index in [1.807, 2.05) is 0 Å². The molecule has 0 aromatic carbocycles. The zero-order valence-corrected chi connectivity index (χ0v) is 10.1. The standard InChI is InChI=1S/C11H23NO2/c1-11(2,3)7-9-12(4,5)8-6-10(13)14/h6-9H2,1-5H3/p+1. The molecule has 3 nitrogen and oxygen atoms in total. The van der Waals surface area contributed by atoms with Gasteiger partial charge in [0, 0.05) is 6.42 Å². The van der Waals surface area contributed by atoms with Crippen molar-refractivity contribution in [3.8, 4) is 0 Å². The van der Waals surface area contributed by atoms with Crippen molar-refractivity contribution >= 4 is 5.97 Å². The third kappa shape index (κ3) is 8.05. The van der Waals surface area contributed by atoms with E-state index in [1.54, 1.807) is 0 Å². The Kier molecular flexibility index (Phi) is 4.59. The molecule has 0 spiro atoms. The average molecular weight is 202 g/mol. The molecule has 0 aromatic rings. The molecule has 0 aliphatic heterocycles. The van der Waals surface area contributed by atoms with Gasteiger partial charge in [0.15, 0.2) is 0 Å². The third-order valence-electron chi connectivity index (χ3n) is 2.40. The Morgan fingerprint density at radius 3 is 2.07 bits per heavy atom. The summed E-state index contributed by atoms with van der Waals surface area (Å²) in [5, 5.41) is 8.59. The van der Waals surface area contributed by atoms with Crippen molar-refractivity contribution in [3.63, 3.8) is 0 Å². The minimum Gasteiger partial charge on any atom is -0.481 e. The molecule has 0 saturated heterocycles. The molecular weight excluding hydrogens is 178 g/mol. The first-order valence-electron chi connectivity index (χ1n) is 5.16. The molecule has 0 aromatic heterocycles. The lowest BCUT2D eigenvalue weighted by Gasteiger charge is -2.32. The maximum absolute atomic E-state index is 10.4. The van der Waals surface area contributed by atoms with E-state index in [0.717, 1.165) is 17.4 Å². The first kappa shape index (κ1) is 13.4. The Morgan fingerprint density at radius 1 is 1.21 bits per heavy atom. The fraction of sp³-hybridized carbons (Fsp3) is 0.909. The predicted octanol–water partition coefficient (Wildman–Crippen LogP) is 1.97. The van der Waals surface area contributed by atoms with Crippen LogP contribution in [0.15, 0.2) is 0 Å². The Bertz CT molecular complexity index is 192. The van der Waals surface area contributed by atoms with Crippen LogP contribution in [-0.2, 0) is 4.79 Å². The molecule has 3 heteroatoms. The number of carboxylic acid groups (broad SMARTS) is 1. The predicted molar refractivity (Wildman–Crippen MR) is 58.2 cm³/mol. The second-order valence-electron chi connectivity index (χ2n) is 5.84. The molecule has 84 valence electrons. The molecule has 0 bridgehead atoms. The van der Waals surface area contributed by atoms with Gasteiger partial charge in [0.2, 0.25) is 0 Å². The van der Waals surface area contributed by atoms with Crippen LogP contribution < -0.4 is 0 Å². The van der Waals surface area contributed by atoms with Gasteiger partial charge in [-0.3, -0.25) is 4.79 Å². The number of quaternary nitrogens is 1. The molecule has 0 fully saturated rings. The van der Waals surface area contributed by atoms with Gasteiger partial charge in [0.05, 0.1) is 33.6 Å². The summed E-state index contributed by atoms with van der Waals surface area (Å²) in [6, 6.07) is 0. The number of nitrogens with zero attached hydrogens (tertiary/aromatic N) is 1. The number of hydrogen-bond donors (Lipinski definition) is 1. The molecule has 0 rings (SSSR count). The van der Waals surface area contributed by atoms with Gasteiger partial charge in [-0.05, 0) is 5.41 Å². The molecule has 1 N–H and O–H groups in total. The van der Waals surface area contributed by atoms with E-state index in [2.05, 4.69) is 34.9 Å². The highest BCUT2D eigenvalue weighted by molar-refractivity contribution is 5.66. The van der Waals surface area contributed by atoms with Crippen molar-refractivity contribution in [2.24, 2.45) is 5.41 Å². The van der Waals surface area contributed by atoms with Crippen molar-refractivity contribution < 1.29 is 14.4 Å². The lowest BCUT2D eigenvalue weighted by atomic mass is 9.92. The van der Waals surface area contributed by atoms with E-state index >= 15 is 0 Å². The van der Waals surface area contributed by atoms with Crippen LogP contribution in [0.1, 0.15) is 33.6 Å². The SMILES string of the molecule is CC(C)(C)CC[N+](C)(C)CCC(=O)O. The maximum atomic E-state index is 10.4. The second kappa shape index (κ2) is 4.78. The van der Waals surface area contributed by atoms with Crippen molar-refractivity contribution in [2.75, 3.05) is 27.2 Å². The smallest absolute Gasteiger partial charge is 0.309 e. The van der Waals surface area contributed by atoms with Gasteiger partial charge in [0.25, 0.3) is 0 Å². The summed E-state index contributed by atoms with van der Waals surface area (Å²) in [5.41, 5.74) is 0.332. The largest absolute Gasteiger partial charge is 0.481 e. The van der Waals surface area contributed by atoms with Gasteiger partial charge < -0.3 is 9.59 Å². The van der Waals surface area contributed by atoms with Gasteiger partial charge in [-0.15, -0.1) is 0 Å². The number of carboxylic acids is 1. The topological polar surface area (TPSA) is 37.3 Å². The van der Waals surface area contributed by atoms with Crippen LogP contribution in [0.4, 0.5) is 0 Å². The molecule has 0 saturated carbocycles. The molecule has 0 heterocycles. The van der Waals surface area contributed by atoms with Crippen molar-refractivity contribution in [1.82, 2.24) is 0 Å². The van der Waals surface area contributed by atoms with Gasteiger partial charge >= 0.3 is 5.97 Å². The first-order chi connectivity index (χ1) is 6.12. The summed E-state index contributed by atoms with van der Waals surface area (Å²) in [6.07, 6.45) is 1.39. The zero-order valence-electron chi connectivity index (χ0n) is 10.1. The fourth-order valence-electron chi connectivity index (χ4n) is 1.15. The van der Waals surface area contributed by atoms with Crippen LogP contribution in [0.2, 0.25) is 0 Å². The average Bonchev–Trinajstić information content (AvgIpc) is 1.97. The minimum absolute atomic E-state index is 0.261. The molecule has 0 aliphatic rings. The summed E-state index contributed by atoms with van der Waals surface area (Å²) in [5.74, 6) is -0.702. The Morgan fingerprint density at radius 2 is 1.71 bits per heavy atom. The quantitative estimate of drug-likeness (QED) is 0.692. The van der Waals surface area contributed by atoms with Crippen molar-refractivity contribution in [3.05, 3.63) is 0 Å². The maximum Gasteiger partial charge on any atom is 0.309 e.